The maximum absolute atomic E-state index is 14.6. The normalized spacial score (nSPS) is 18.6. The van der Waals surface area contributed by atoms with E-state index in [2.05, 4.69) is 20.2 Å². The van der Waals surface area contributed by atoms with Gasteiger partial charge in [0.05, 0.1) is 29.6 Å². The molecule has 0 atom stereocenters. The van der Waals surface area contributed by atoms with Crippen molar-refractivity contribution in [3.63, 3.8) is 0 Å². The Labute approximate surface area is 297 Å². The first-order valence-corrected chi connectivity index (χ1v) is 17.7. The summed E-state index contributed by atoms with van der Waals surface area (Å²) in [6.07, 6.45) is 7.68. The number of phenolic OH excluding ortho intramolecular Hbond substituents is 1. The number of hydrogen-bond donors (Lipinski definition) is 2. The Kier molecular flexibility index (Phi) is 9.39. The summed E-state index contributed by atoms with van der Waals surface area (Å²) in [5.41, 5.74) is 3.59. The predicted molar refractivity (Wildman–Crippen MR) is 193 cm³/mol. The van der Waals surface area contributed by atoms with E-state index in [9.17, 15) is 23.5 Å². The maximum Gasteiger partial charge on any atom is 0.337 e. The second-order valence-electron chi connectivity index (χ2n) is 13.7. The first-order chi connectivity index (χ1) is 25.3. The van der Waals surface area contributed by atoms with Crippen LogP contribution in [0.3, 0.4) is 0 Å². The van der Waals surface area contributed by atoms with Crippen molar-refractivity contribution < 1.29 is 18.6 Å². The molecular weight excluding hydrogens is 668 g/mol. The van der Waals surface area contributed by atoms with E-state index < -0.39 is 17.1 Å². The van der Waals surface area contributed by atoms with Crippen LogP contribution in [-0.4, -0.2) is 65.9 Å². The molecule has 0 amide bonds. The quantitative estimate of drug-likeness (QED) is 0.218. The fourth-order valence-electron chi connectivity index (χ4n) is 7.63. The summed E-state index contributed by atoms with van der Waals surface area (Å²) < 4.78 is 38.2. The molecule has 1 saturated heterocycles. The van der Waals surface area contributed by atoms with Gasteiger partial charge in [-0.2, -0.15) is 0 Å². The molecule has 8 rings (SSSR count). The van der Waals surface area contributed by atoms with E-state index in [1.807, 2.05) is 24.3 Å². The first-order valence-electron chi connectivity index (χ1n) is 17.7. The number of benzene rings is 2. The van der Waals surface area contributed by atoms with Gasteiger partial charge in [0.1, 0.15) is 23.0 Å². The number of phenols is 1. The zero-order valence-electron chi connectivity index (χ0n) is 28.5. The minimum absolute atomic E-state index is 0.0299. The second-order valence-corrected chi connectivity index (χ2v) is 13.7. The SMILES string of the molecule is O=c1c2cc(F)cnc2n(-c2cccc(-c3ccc(O)cc3CN3CCCOCC3)c2)c(=O)n1C1CCC(NCc2cn3cc(F)ccc3n2)CC1. The average Bonchev–Trinajstić information content (AvgIpc) is 3.37. The molecule has 268 valence electrons. The Morgan fingerprint density at radius 3 is 2.65 bits per heavy atom. The lowest BCUT2D eigenvalue weighted by Gasteiger charge is -2.30. The minimum Gasteiger partial charge on any atom is -0.508 e. The van der Waals surface area contributed by atoms with Crippen LogP contribution >= 0.6 is 0 Å². The van der Waals surface area contributed by atoms with Gasteiger partial charge in [0.25, 0.3) is 5.56 Å². The summed E-state index contributed by atoms with van der Waals surface area (Å²) in [6, 6.07) is 16.6. The van der Waals surface area contributed by atoms with Crippen LogP contribution in [0.25, 0.3) is 33.5 Å². The Hall–Kier alpha value is -5.24. The molecule has 0 radical (unpaired) electrons. The number of pyridine rings is 2. The van der Waals surface area contributed by atoms with Crippen LogP contribution in [0.4, 0.5) is 8.78 Å². The molecule has 2 N–H and O–H groups in total. The van der Waals surface area contributed by atoms with Gasteiger partial charge in [0.15, 0.2) is 5.65 Å². The molecule has 13 heteroatoms. The van der Waals surface area contributed by atoms with E-state index >= 15 is 0 Å². The standard InChI is InChI=1S/C39H39F2N7O4/c40-27-5-12-36-44-30(24-46(36)23-27)21-42-29-6-8-31(9-7-29)48-38(50)35-19-28(41)20-43-37(35)47(39(48)51)32-4-1-3-25(17-32)34-11-10-33(49)18-26(34)22-45-13-2-15-52-16-14-45/h1,3-5,10-12,17-20,23-24,29,31,42,49H,2,6-9,13-16,21-22H2. The lowest BCUT2D eigenvalue weighted by molar-refractivity contribution is 0.140. The highest BCUT2D eigenvalue weighted by Gasteiger charge is 2.27. The molecule has 6 aromatic rings. The number of rotatable bonds is 8. The van der Waals surface area contributed by atoms with Crippen molar-refractivity contribution in [2.45, 2.75) is 57.3 Å². The largest absolute Gasteiger partial charge is 0.508 e. The summed E-state index contributed by atoms with van der Waals surface area (Å²) in [5.74, 6) is -0.832. The number of fused-ring (bicyclic) bond motifs is 2. The monoisotopic (exact) mass is 707 g/mol. The van der Waals surface area contributed by atoms with Crippen molar-refractivity contribution in [2.75, 3.05) is 26.3 Å². The summed E-state index contributed by atoms with van der Waals surface area (Å²) >= 11 is 0. The van der Waals surface area contributed by atoms with Crippen LogP contribution in [0.5, 0.6) is 5.75 Å². The lowest BCUT2D eigenvalue weighted by Crippen LogP contribution is -2.44. The molecule has 2 aromatic carbocycles. The van der Waals surface area contributed by atoms with E-state index in [0.717, 1.165) is 60.8 Å². The third-order valence-corrected chi connectivity index (χ3v) is 10.2. The smallest absolute Gasteiger partial charge is 0.337 e. The number of nitrogens with zero attached hydrogens (tertiary/aromatic N) is 6. The molecule has 0 bridgehead atoms. The van der Waals surface area contributed by atoms with E-state index in [0.29, 0.717) is 56.7 Å². The van der Waals surface area contributed by atoms with Crippen molar-refractivity contribution in [1.29, 1.82) is 0 Å². The van der Waals surface area contributed by atoms with Gasteiger partial charge in [0, 0.05) is 57.3 Å². The van der Waals surface area contributed by atoms with Crippen LogP contribution in [0, 0.1) is 11.6 Å². The number of aromatic nitrogens is 5. The van der Waals surface area contributed by atoms with Crippen molar-refractivity contribution in [2.24, 2.45) is 0 Å². The number of hydrogen-bond acceptors (Lipinski definition) is 8. The summed E-state index contributed by atoms with van der Waals surface area (Å²) in [4.78, 5) is 39.5. The van der Waals surface area contributed by atoms with Gasteiger partial charge in [-0.3, -0.25) is 14.3 Å². The number of imidazole rings is 1. The maximum atomic E-state index is 14.6. The topological polar surface area (TPSA) is 119 Å². The van der Waals surface area contributed by atoms with Crippen LogP contribution in [-0.2, 0) is 17.8 Å². The highest BCUT2D eigenvalue weighted by Crippen LogP contribution is 2.31. The highest BCUT2D eigenvalue weighted by molar-refractivity contribution is 5.77. The van der Waals surface area contributed by atoms with Gasteiger partial charge < -0.3 is 19.6 Å². The molecule has 1 saturated carbocycles. The zero-order chi connectivity index (χ0) is 35.8. The van der Waals surface area contributed by atoms with Gasteiger partial charge in [0.2, 0.25) is 0 Å². The molecular formula is C39H39F2N7O4. The first kappa shape index (κ1) is 33.9. The van der Waals surface area contributed by atoms with Crippen LogP contribution in [0.2, 0.25) is 0 Å². The summed E-state index contributed by atoms with van der Waals surface area (Å²) in [7, 11) is 0. The third-order valence-electron chi connectivity index (χ3n) is 10.2. The Bertz CT molecular complexity index is 2370. The molecule has 5 heterocycles. The highest BCUT2D eigenvalue weighted by atomic mass is 19.1. The van der Waals surface area contributed by atoms with Gasteiger partial charge in [-0.15, -0.1) is 0 Å². The number of halogens is 2. The number of aromatic hydroxyl groups is 1. The van der Waals surface area contributed by atoms with E-state index in [-0.39, 0.29) is 34.7 Å². The van der Waals surface area contributed by atoms with Crippen molar-refractivity contribution >= 4 is 16.7 Å². The predicted octanol–water partition coefficient (Wildman–Crippen LogP) is 5.34. The molecule has 1 aliphatic heterocycles. The Morgan fingerprint density at radius 2 is 1.79 bits per heavy atom. The fourth-order valence-corrected chi connectivity index (χ4v) is 7.63. The van der Waals surface area contributed by atoms with Crippen LogP contribution in [0.15, 0.2) is 88.8 Å². The summed E-state index contributed by atoms with van der Waals surface area (Å²) in [5, 5.41) is 14.0. The van der Waals surface area contributed by atoms with E-state index in [1.165, 1.54) is 21.4 Å². The number of ether oxygens (including phenoxy) is 1. The molecule has 1 aliphatic carbocycles. The van der Waals surface area contributed by atoms with Crippen LogP contribution in [0.1, 0.15) is 49.4 Å². The van der Waals surface area contributed by atoms with Gasteiger partial charge in [-0.05, 0) is 91.3 Å². The fraction of sp³-hybridized carbons (Fsp3) is 0.333. The Balaban J connectivity index is 1.09. The average molecular weight is 708 g/mol. The van der Waals surface area contributed by atoms with E-state index in [1.54, 1.807) is 34.9 Å². The van der Waals surface area contributed by atoms with E-state index in [4.69, 9.17) is 4.74 Å². The molecule has 2 aliphatic rings. The van der Waals surface area contributed by atoms with Crippen LogP contribution < -0.4 is 16.6 Å². The van der Waals surface area contributed by atoms with Gasteiger partial charge in [-0.1, -0.05) is 18.2 Å². The molecule has 4 aromatic heterocycles. The number of nitrogens with one attached hydrogen (secondary N) is 1. The second kappa shape index (κ2) is 14.4. The molecule has 2 fully saturated rings. The van der Waals surface area contributed by atoms with Crippen molar-refractivity contribution in [3.8, 4) is 22.6 Å². The van der Waals surface area contributed by atoms with Gasteiger partial charge in [-0.25, -0.2) is 28.1 Å². The third kappa shape index (κ3) is 6.86. The molecule has 11 nitrogen and oxygen atoms in total. The molecule has 0 unspecified atom stereocenters. The van der Waals surface area contributed by atoms with Gasteiger partial charge >= 0.3 is 5.69 Å². The zero-order valence-corrected chi connectivity index (χ0v) is 28.5. The minimum atomic E-state index is -0.662. The van der Waals surface area contributed by atoms with Crippen molar-refractivity contribution in [3.05, 3.63) is 123 Å². The van der Waals surface area contributed by atoms with Crippen molar-refractivity contribution in [1.82, 2.24) is 33.7 Å². The Morgan fingerprint density at radius 1 is 0.923 bits per heavy atom. The lowest BCUT2D eigenvalue weighted by atomic mass is 9.91. The summed E-state index contributed by atoms with van der Waals surface area (Å²) in [6.45, 7) is 4.14. The molecule has 0 spiro atoms. The molecule has 52 heavy (non-hydrogen) atoms.